The zero-order valence-corrected chi connectivity index (χ0v) is 13.8. The van der Waals surface area contributed by atoms with Crippen molar-refractivity contribution in [1.29, 1.82) is 0 Å². The topological polar surface area (TPSA) is 99.0 Å². The highest BCUT2D eigenvalue weighted by molar-refractivity contribution is 6.23. The molecule has 0 unspecified atom stereocenters. The van der Waals surface area contributed by atoms with Gasteiger partial charge in [-0.3, -0.25) is 24.6 Å². The molecule has 1 aliphatic rings. The van der Waals surface area contributed by atoms with Crippen molar-refractivity contribution in [2.75, 3.05) is 7.11 Å². The minimum atomic E-state index is -3.04. The van der Waals surface area contributed by atoms with Crippen LogP contribution in [-0.4, -0.2) is 35.4 Å². The van der Waals surface area contributed by atoms with Crippen LogP contribution in [0.2, 0.25) is 0 Å². The van der Waals surface area contributed by atoms with Crippen LogP contribution in [0.15, 0.2) is 36.4 Å². The zero-order chi connectivity index (χ0) is 19.7. The molecule has 8 nitrogen and oxygen atoms in total. The number of nitro groups is 1. The second kappa shape index (κ2) is 6.98. The van der Waals surface area contributed by atoms with E-state index in [0.29, 0.717) is 5.56 Å². The molecule has 0 atom stereocenters. The Morgan fingerprint density at radius 1 is 1.15 bits per heavy atom. The predicted octanol–water partition coefficient (Wildman–Crippen LogP) is 3.00. The number of methoxy groups -OCH3 is 1. The molecule has 1 aliphatic heterocycles. The fourth-order valence-corrected chi connectivity index (χ4v) is 2.80. The molecule has 2 aromatic carbocycles. The second-order valence-electron chi connectivity index (χ2n) is 5.52. The Kier molecular flexibility index (Phi) is 4.72. The van der Waals surface area contributed by atoms with Gasteiger partial charge in [-0.05, 0) is 23.8 Å². The first-order valence-corrected chi connectivity index (χ1v) is 7.58. The molecule has 1 heterocycles. The van der Waals surface area contributed by atoms with E-state index in [9.17, 15) is 28.5 Å². The first-order valence-electron chi connectivity index (χ1n) is 7.58. The number of halogens is 2. The van der Waals surface area contributed by atoms with Gasteiger partial charge in [0.05, 0.1) is 24.1 Å². The third-order valence-corrected chi connectivity index (χ3v) is 3.96. The molecule has 0 saturated heterocycles. The molecule has 2 amide bonds. The van der Waals surface area contributed by atoms with Gasteiger partial charge in [-0.2, -0.15) is 8.78 Å². The minimum absolute atomic E-state index is 0.00427. The summed E-state index contributed by atoms with van der Waals surface area (Å²) in [6.07, 6.45) is 0. The number of hydrogen-bond donors (Lipinski definition) is 0. The summed E-state index contributed by atoms with van der Waals surface area (Å²) in [6.45, 7) is -3.25. The van der Waals surface area contributed by atoms with E-state index >= 15 is 0 Å². The maximum Gasteiger partial charge on any atom is 0.387 e. The SMILES string of the molecule is COc1cc(CN2C(=O)c3cccc([N+](=O)[O-])c3C2=O)ccc1OC(F)F. The van der Waals surface area contributed by atoms with Gasteiger partial charge in [-0.15, -0.1) is 0 Å². The van der Waals surface area contributed by atoms with Crippen molar-refractivity contribution in [2.45, 2.75) is 13.2 Å². The number of nitrogens with zero attached hydrogens (tertiary/aromatic N) is 2. The average Bonchev–Trinajstić information content (AvgIpc) is 2.87. The number of hydrogen-bond acceptors (Lipinski definition) is 6. The van der Waals surface area contributed by atoms with E-state index in [-0.39, 0.29) is 29.2 Å². The van der Waals surface area contributed by atoms with Crippen molar-refractivity contribution in [3.63, 3.8) is 0 Å². The van der Waals surface area contributed by atoms with Crippen molar-refractivity contribution in [3.05, 3.63) is 63.2 Å². The highest BCUT2D eigenvalue weighted by atomic mass is 19.3. The number of rotatable bonds is 6. The Morgan fingerprint density at radius 2 is 1.89 bits per heavy atom. The van der Waals surface area contributed by atoms with Gasteiger partial charge in [0.25, 0.3) is 17.5 Å². The monoisotopic (exact) mass is 378 g/mol. The Bertz CT molecular complexity index is 947. The molecule has 0 bridgehead atoms. The van der Waals surface area contributed by atoms with Gasteiger partial charge in [0.2, 0.25) is 0 Å². The predicted molar refractivity (Wildman–Crippen MR) is 86.9 cm³/mol. The van der Waals surface area contributed by atoms with Gasteiger partial charge in [-0.25, -0.2) is 0 Å². The van der Waals surface area contributed by atoms with Crippen LogP contribution < -0.4 is 9.47 Å². The van der Waals surface area contributed by atoms with Gasteiger partial charge in [-0.1, -0.05) is 12.1 Å². The first-order chi connectivity index (χ1) is 12.8. The first kappa shape index (κ1) is 18.2. The van der Waals surface area contributed by atoms with Crippen molar-refractivity contribution < 1.29 is 32.8 Å². The lowest BCUT2D eigenvalue weighted by Gasteiger charge is -2.16. The van der Waals surface area contributed by atoms with E-state index in [4.69, 9.17) is 4.74 Å². The average molecular weight is 378 g/mol. The molecule has 0 spiro atoms. The summed E-state index contributed by atoms with van der Waals surface area (Å²) in [4.78, 5) is 36.3. The van der Waals surface area contributed by atoms with E-state index in [2.05, 4.69) is 4.74 Å². The maximum absolute atomic E-state index is 12.5. The molecule has 0 N–H and O–H groups in total. The number of alkyl halides is 2. The fraction of sp³-hybridized carbons (Fsp3) is 0.176. The summed E-state index contributed by atoms with van der Waals surface area (Å²) in [5.74, 6) is -1.68. The highest BCUT2D eigenvalue weighted by Crippen LogP contribution is 2.33. The Hall–Kier alpha value is -3.56. The van der Waals surface area contributed by atoms with Crippen LogP contribution in [0.5, 0.6) is 11.5 Å². The van der Waals surface area contributed by atoms with Gasteiger partial charge in [0.1, 0.15) is 5.56 Å². The summed E-state index contributed by atoms with van der Waals surface area (Å²) in [5, 5.41) is 11.1. The standard InChI is InChI=1S/C17H12F2N2O6/c1-26-13-7-9(5-6-12(13)27-17(18)19)8-20-15(22)10-3-2-4-11(21(24)25)14(10)16(20)23/h2-7,17H,8H2,1H3. The summed E-state index contributed by atoms with van der Waals surface area (Å²) in [6, 6.07) is 7.76. The number of fused-ring (bicyclic) bond motifs is 1. The number of carbonyl (C=O) groups excluding carboxylic acids is 2. The molecule has 27 heavy (non-hydrogen) atoms. The normalized spacial score (nSPS) is 13.1. The molecule has 0 fully saturated rings. The molecule has 2 aromatic rings. The van der Waals surface area contributed by atoms with Crippen molar-refractivity contribution >= 4 is 17.5 Å². The molecular formula is C17H12F2N2O6. The lowest BCUT2D eigenvalue weighted by Crippen LogP contribution is -2.29. The Labute approximate surface area is 151 Å². The molecule has 3 rings (SSSR count). The smallest absolute Gasteiger partial charge is 0.387 e. The quantitative estimate of drug-likeness (QED) is 0.435. The summed E-state index contributed by atoms with van der Waals surface area (Å²) < 4.78 is 34.1. The third-order valence-electron chi connectivity index (χ3n) is 3.96. The van der Waals surface area contributed by atoms with E-state index in [1.165, 1.54) is 37.4 Å². The summed E-state index contributed by atoms with van der Waals surface area (Å²) >= 11 is 0. The van der Waals surface area contributed by atoms with Gasteiger partial charge >= 0.3 is 6.61 Å². The number of imide groups is 1. The molecule has 0 saturated carbocycles. The highest BCUT2D eigenvalue weighted by Gasteiger charge is 2.40. The van der Waals surface area contributed by atoms with E-state index in [0.717, 1.165) is 11.0 Å². The number of carbonyl (C=O) groups is 2. The van der Waals surface area contributed by atoms with Crippen LogP contribution in [0.4, 0.5) is 14.5 Å². The summed E-state index contributed by atoms with van der Waals surface area (Å²) in [7, 11) is 1.25. The molecule has 10 heteroatoms. The van der Waals surface area contributed by atoms with Crippen LogP contribution >= 0.6 is 0 Å². The second-order valence-corrected chi connectivity index (χ2v) is 5.52. The molecule has 0 aliphatic carbocycles. The third kappa shape index (κ3) is 3.28. The minimum Gasteiger partial charge on any atom is -0.493 e. The molecule has 140 valence electrons. The van der Waals surface area contributed by atoms with Gasteiger partial charge in [0, 0.05) is 6.07 Å². The van der Waals surface area contributed by atoms with Gasteiger partial charge in [0.15, 0.2) is 11.5 Å². The van der Waals surface area contributed by atoms with Crippen LogP contribution in [0.25, 0.3) is 0 Å². The summed E-state index contributed by atoms with van der Waals surface area (Å²) in [5.41, 5.74) is -0.381. The number of amides is 2. The van der Waals surface area contributed by atoms with Crippen LogP contribution in [0.3, 0.4) is 0 Å². The van der Waals surface area contributed by atoms with E-state index < -0.39 is 29.0 Å². The van der Waals surface area contributed by atoms with Crippen molar-refractivity contribution in [1.82, 2.24) is 4.90 Å². The molecular weight excluding hydrogens is 366 g/mol. The molecule has 0 aromatic heterocycles. The molecule has 0 radical (unpaired) electrons. The van der Waals surface area contributed by atoms with Gasteiger partial charge < -0.3 is 9.47 Å². The van der Waals surface area contributed by atoms with Crippen molar-refractivity contribution in [3.8, 4) is 11.5 Å². The largest absolute Gasteiger partial charge is 0.493 e. The number of ether oxygens (including phenoxy) is 2. The number of benzene rings is 2. The lowest BCUT2D eigenvalue weighted by molar-refractivity contribution is -0.385. The maximum atomic E-state index is 12.5. The van der Waals surface area contributed by atoms with Crippen molar-refractivity contribution in [2.24, 2.45) is 0 Å². The Balaban J connectivity index is 1.91. The number of nitro benzene ring substituents is 1. The van der Waals surface area contributed by atoms with Crippen LogP contribution in [0, 0.1) is 10.1 Å². The fourth-order valence-electron chi connectivity index (χ4n) is 2.80. The lowest BCUT2D eigenvalue weighted by atomic mass is 10.1. The van der Waals surface area contributed by atoms with Crippen LogP contribution in [0.1, 0.15) is 26.3 Å². The van der Waals surface area contributed by atoms with E-state index in [1.807, 2.05) is 0 Å². The zero-order valence-electron chi connectivity index (χ0n) is 13.8. The van der Waals surface area contributed by atoms with Crippen LogP contribution in [-0.2, 0) is 6.54 Å². The van der Waals surface area contributed by atoms with E-state index in [1.54, 1.807) is 0 Å². The Morgan fingerprint density at radius 3 is 2.52 bits per heavy atom.